The molecule has 0 spiro atoms. The molecule has 33 heavy (non-hydrogen) atoms. The Balaban J connectivity index is 2.87. The summed E-state index contributed by atoms with van der Waals surface area (Å²) in [5.74, 6) is -4.53. The Morgan fingerprint density at radius 3 is 2.03 bits per heavy atom. The van der Waals surface area contributed by atoms with Crippen molar-refractivity contribution in [1.29, 1.82) is 0 Å². The van der Waals surface area contributed by atoms with E-state index in [1.165, 1.54) is 0 Å². The van der Waals surface area contributed by atoms with Crippen molar-refractivity contribution in [3.8, 4) is 0 Å². The third-order valence-electron chi connectivity index (χ3n) is 4.67. The minimum absolute atomic E-state index is 0.00436. The number of carbonyl (C=O) groups is 5. The van der Waals surface area contributed by atoms with E-state index in [0.29, 0.717) is 0 Å². The number of nitrogens with two attached hydrogens (primary N) is 1. The molecule has 1 aromatic rings. The van der Waals surface area contributed by atoms with Crippen molar-refractivity contribution in [2.75, 3.05) is 6.54 Å². The fourth-order valence-electron chi connectivity index (χ4n) is 3.04. The Bertz CT molecular complexity index is 829. The molecule has 0 saturated heterocycles. The van der Waals surface area contributed by atoms with Crippen LogP contribution in [0, 0.1) is 5.92 Å². The van der Waals surface area contributed by atoms with Crippen LogP contribution >= 0.6 is 0 Å². The summed E-state index contributed by atoms with van der Waals surface area (Å²) in [5.41, 5.74) is 6.85. The number of hydrogen-bond acceptors (Lipinski definition) is 6. The van der Waals surface area contributed by atoms with Gasteiger partial charge in [0.25, 0.3) is 0 Å². The van der Waals surface area contributed by atoms with Crippen LogP contribution in [-0.2, 0) is 30.4 Å². The van der Waals surface area contributed by atoms with Gasteiger partial charge in [-0.1, -0.05) is 44.2 Å². The van der Waals surface area contributed by atoms with Gasteiger partial charge in [0.15, 0.2) is 0 Å². The summed E-state index contributed by atoms with van der Waals surface area (Å²) in [6.07, 6.45) is -0.156. The highest BCUT2D eigenvalue weighted by Crippen LogP contribution is 2.08. The predicted molar refractivity (Wildman–Crippen MR) is 119 cm³/mol. The average molecular weight is 465 g/mol. The van der Waals surface area contributed by atoms with Gasteiger partial charge in [-0.2, -0.15) is 0 Å². The third-order valence-corrected chi connectivity index (χ3v) is 4.67. The summed E-state index contributed by atoms with van der Waals surface area (Å²) in [4.78, 5) is 59.4. The lowest BCUT2D eigenvalue weighted by Crippen LogP contribution is -2.56. The van der Waals surface area contributed by atoms with Gasteiger partial charge in [-0.05, 0) is 30.7 Å². The average Bonchev–Trinajstić information content (AvgIpc) is 2.74. The van der Waals surface area contributed by atoms with Gasteiger partial charge >= 0.3 is 11.9 Å². The van der Waals surface area contributed by atoms with E-state index in [1.54, 1.807) is 0 Å². The number of amides is 3. The van der Waals surface area contributed by atoms with Crippen molar-refractivity contribution >= 4 is 29.7 Å². The Hall–Kier alpha value is -3.47. The summed E-state index contributed by atoms with van der Waals surface area (Å²) in [5, 5.41) is 24.8. The topological polar surface area (TPSA) is 188 Å². The van der Waals surface area contributed by atoms with Crippen molar-refractivity contribution in [3.63, 3.8) is 0 Å². The molecule has 0 aliphatic rings. The molecule has 3 atom stereocenters. The Morgan fingerprint density at radius 1 is 0.879 bits per heavy atom. The van der Waals surface area contributed by atoms with E-state index in [2.05, 4.69) is 16.0 Å². The van der Waals surface area contributed by atoms with Crippen molar-refractivity contribution in [2.45, 2.75) is 57.7 Å². The van der Waals surface area contributed by atoms with Crippen LogP contribution in [0.1, 0.15) is 38.7 Å². The van der Waals surface area contributed by atoms with Crippen LogP contribution in [0.15, 0.2) is 30.3 Å². The van der Waals surface area contributed by atoms with Gasteiger partial charge < -0.3 is 31.9 Å². The molecule has 1 rings (SSSR count). The largest absolute Gasteiger partial charge is 0.481 e. The SMILES string of the molecule is CC(C)CC(NC(=O)C(N)Cc1ccccc1)C(=O)NC(CCC(=O)O)C(=O)NCC(=O)O. The van der Waals surface area contributed by atoms with Gasteiger partial charge in [-0.25, -0.2) is 0 Å². The van der Waals surface area contributed by atoms with Crippen LogP contribution < -0.4 is 21.7 Å². The lowest BCUT2D eigenvalue weighted by atomic mass is 10.0. The number of hydrogen-bond donors (Lipinski definition) is 6. The number of benzene rings is 1. The number of carbonyl (C=O) groups excluding carboxylic acids is 3. The van der Waals surface area contributed by atoms with Crippen LogP contribution in [0.5, 0.6) is 0 Å². The molecular formula is C22H32N4O7. The number of aliphatic carboxylic acids is 2. The van der Waals surface area contributed by atoms with Crippen LogP contribution in [0.3, 0.4) is 0 Å². The number of carboxylic acids is 2. The van der Waals surface area contributed by atoms with Crippen molar-refractivity contribution in [2.24, 2.45) is 11.7 Å². The smallest absolute Gasteiger partial charge is 0.322 e. The Labute approximate surface area is 192 Å². The number of nitrogens with one attached hydrogen (secondary N) is 3. The zero-order valence-electron chi connectivity index (χ0n) is 18.7. The third kappa shape index (κ3) is 11.1. The minimum Gasteiger partial charge on any atom is -0.481 e. The quantitative estimate of drug-likeness (QED) is 0.215. The maximum atomic E-state index is 12.9. The van der Waals surface area contributed by atoms with E-state index in [4.69, 9.17) is 15.9 Å². The Morgan fingerprint density at radius 2 is 1.48 bits per heavy atom. The standard InChI is InChI=1S/C22H32N4O7/c1-13(2)10-17(26-20(31)15(23)11-14-6-4-3-5-7-14)22(33)25-16(8-9-18(27)28)21(32)24-12-19(29)30/h3-7,13,15-17H,8-12,23H2,1-2H3,(H,24,32)(H,25,33)(H,26,31)(H,27,28)(H,29,30). The molecule has 0 aromatic heterocycles. The van der Waals surface area contributed by atoms with Crippen LogP contribution in [0.4, 0.5) is 0 Å². The highest BCUT2D eigenvalue weighted by atomic mass is 16.4. The molecule has 0 fully saturated rings. The lowest BCUT2D eigenvalue weighted by Gasteiger charge is -2.25. The molecule has 1 aromatic carbocycles. The fraction of sp³-hybridized carbons (Fsp3) is 0.500. The first-order valence-electron chi connectivity index (χ1n) is 10.6. The molecule has 0 bridgehead atoms. The molecule has 11 heteroatoms. The van der Waals surface area contributed by atoms with Crippen LogP contribution in [0.25, 0.3) is 0 Å². The van der Waals surface area contributed by atoms with E-state index in [0.717, 1.165) is 5.56 Å². The molecule has 11 nitrogen and oxygen atoms in total. The second-order valence-corrected chi connectivity index (χ2v) is 8.09. The minimum atomic E-state index is -1.29. The lowest BCUT2D eigenvalue weighted by molar-refractivity contribution is -0.140. The normalized spacial score (nSPS) is 13.5. The molecule has 0 heterocycles. The highest BCUT2D eigenvalue weighted by molar-refractivity contribution is 5.93. The summed E-state index contributed by atoms with van der Waals surface area (Å²) in [6, 6.07) is 5.94. The fourth-order valence-corrected chi connectivity index (χ4v) is 3.04. The van der Waals surface area contributed by atoms with E-state index in [-0.39, 0.29) is 25.2 Å². The van der Waals surface area contributed by atoms with E-state index in [1.807, 2.05) is 44.2 Å². The van der Waals surface area contributed by atoms with Crippen molar-refractivity contribution < 1.29 is 34.2 Å². The van der Waals surface area contributed by atoms with Gasteiger partial charge in [0.2, 0.25) is 17.7 Å². The van der Waals surface area contributed by atoms with Gasteiger partial charge in [0.05, 0.1) is 6.04 Å². The maximum Gasteiger partial charge on any atom is 0.322 e. The molecule has 0 saturated carbocycles. The molecular weight excluding hydrogens is 432 g/mol. The molecule has 0 radical (unpaired) electrons. The van der Waals surface area contributed by atoms with Crippen LogP contribution in [0.2, 0.25) is 0 Å². The van der Waals surface area contributed by atoms with Crippen molar-refractivity contribution in [3.05, 3.63) is 35.9 Å². The maximum absolute atomic E-state index is 12.9. The first-order chi connectivity index (χ1) is 15.5. The zero-order chi connectivity index (χ0) is 25.0. The number of rotatable bonds is 14. The molecule has 0 aliphatic heterocycles. The van der Waals surface area contributed by atoms with E-state index < -0.39 is 60.8 Å². The predicted octanol–water partition coefficient (Wildman–Crippen LogP) is -0.362. The molecule has 7 N–H and O–H groups in total. The van der Waals surface area contributed by atoms with Gasteiger partial charge in [0.1, 0.15) is 18.6 Å². The highest BCUT2D eigenvalue weighted by Gasteiger charge is 2.29. The van der Waals surface area contributed by atoms with Gasteiger partial charge in [0, 0.05) is 6.42 Å². The van der Waals surface area contributed by atoms with Gasteiger partial charge in [-0.3, -0.25) is 24.0 Å². The van der Waals surface area contributed by atoms with Crippen LogP contribution in [-0.4, -0.2) is 64.5 Å². The number of carboxylic acid groups (broad SMARTS) is 2. The van der Waals surface area contributed by atoms with Gasteiger partial charge in [-0.15, -0.1) is 0 Å². The second-order valence-electron chi connectivity index (χ2n) is 8.09. The van der Waals surface area contributed by atoms with E-state index >= 15 is 0 Å². The second kappa shape index (κ2) is 13.8. The molecule has 3 unspecified atom stereocenters. The van der Waals surface area contributed by atoms with E-state index in [9.17, 15) is 24.0 Å². The summed E-state index contributed by atoms with van der Waals surface area (Å²) < 4.78 is 0. The Kier molecular flexibility index (Phi) is 11.6. The van der Waals surface area contributed by atoms with Crippen molar-refractivity contribution in [1.82, 2.24) is 16.0 Å². The summed E-state index contributed by atoms with van der Waals surface area (Å²) >= 11 is 0. The first-order valence-corrected chi connectivity index (χ1v) is 10.6. The molecule has 182 valence electrons. The monoisotopic (exact) mass is 464 g/mol. The zero-order valence-corrected chi connectivity index (χ0v) is 18.7. The first kappa shape index (κ1) is 27.6. The summed E-state index contributed by atoms with van der Waals surface area (Å²) in [7, 11) is 0. The summed E-state index contributed by atoms with van der Waals surface area (Å²) in [6.45, 7) is 3.01. The molecule has 0 aliphatic carbocycles. The molecule has 3 amide bonds.